The molecule has 1 aromatic rings. The van der Waals surface area contributed by atoms with E-state index in [0.29, 0.717) is 5.69 Å². The van der Waals surface area contributed by atoms with Gasteiger partial charge in [-0.15, -0.1) is 0 Å². The van der Waals surface area contributed by atoms with Crippen molar-refractivity contribution >= 4 is 5.69 Å². The van der Waals surface area contributed by atoms with Gasteiger partial charge in [0.1, 0.15) is 5.69 Å². The Morgan fingerprint density at radius 1 is 1.44 bits per heavy atom. The van der Waals surface area contributed by atoms with Crippen molar-refractivity contribution in [2.75, 3.05) is 18.0 Å². The number of fused-ring (bicyclic) bond motifs is 1. The quantitative estimate of drug-likeness (QED) is 0.737. The SMILES string of the molecule is CCN1CCCc2cnc(C(F)(F)F)cc21. The van der Waals surface area contributed by atoms with Crippen LogP contribution in [0.15, 0.2) is 12.3 Å². The van der Waals surface area contributed by atoms with Crippen LogP contribution in [0.5, 0.6) is 0 Å². The van der Waals surface area contributed by atoms with E-state index < -0.39 is 11.9 Å². The molecule has 2 heterocycles. The number of pyridine rings is 1. The maximum absolute atomic E-state index is 12.5. The van der Waals surface area contributed by atoms with Gasteiger partial charge in [0.05, 0.1) is 0 Å². The maximum atomic E-state index is 12.5. The van der Waals surface area contributed by atoms with Gasteiger partial charge in [-0.05, 0) is 31.4 Å². The number of aromatic nitrogens is 1. The molecule has 0 unspecified atom stereocenters. The molecule has 2 nitrogen and oxygen atoms in total. The van der Waals surface area contributed by atoms with E-state index in [1.54, 1.807) is 0 Å². The number of alkyl halides is 3. The van der Waals surface area contributed by atoms with Crippen molar-refractivity contribution in [1.82, 2.24) is 4.98 Å². The molecule has 0 aromatic carbocycles. The summed E-state index contributed by atoms with van der Waals surface area (Å²) in [5, 5.41) is 0. The molecule has 0 atom stereocenters. The first-order valence-electron chi connectivity index (χ1n) is 5.33. The fourth-order valence-electron chi connectivity index (χ4n) is 2.02. The van der Waals surface area contributed by atoms with Crippen LogP contribution in [0.1, 0.15) is 24.6 Å². The fraction of sp³-hybridized carbons (Fsp3) is 0.545. The van der Waals surface area contributed by atoms with Crippen molar-refractivity contribution in [3.05, 3.63) is 23.5 Å². The van der Waals surface area contributed by atoms with E-state index >= 15 is 0 Å². The first-order valence-corrected chi connectivity index (χ1v) is 5.33. The summed E-state index contributed by atoms with van der Waals surface area (Å²) in [6.07, 6.45) is -1.20. The Hall–Kier alpha value is -1.26. The van der Waals surface area contributed by atoms with E-state index in [-0.39, 0.29) is 0 Å². The number of hydrogen-bond donors (Lipinski definition) is 0. The van der Waals surface area contributed by atoms with Crippen molar-refractivity contribution in [1.29, 1.82) is 0 Å². The highest BCUT2D eigenvalue weighted by Gasteiger charge is 2.33. The van der Waals surface area contributed by atoms with Gasteiger partial charge in [-0.25, -0.2) is 0 Å². The molecule has 0 aliphatic carbocycles. The third-order valence-corrected chi connectivity index (χ3v) is 2.85. The Bertz CT molecular complexity index is 387. The average molecular weight is 230 g/mol. The highest BCUT2D eigenvalue weighted by atomic mass is 19.4. The summed E-state index contributed by atoms with van der Waals surface area (Å²) < 4.78 is 37.5. The van der Waals surface area contributed by atoms with Crippen LogP contribution in [0.3, 0.4) is 0 Å². The molecule has 0 N–H and O–H groups in total. The molecule has 5 heteroatoms. The van der Waals surface area contributed by atoms with E-state index in [4.69, 9.17) is 0 Å². The van der Waals surface area contributed by atoms with Gasteiger partial charge in [0.15, 0.2) is 0 Å². The topological polar surface area (TPSA) is 16.1 Å². The zero-order chi connectivity index (χ0) is 11.8. The number of hydrogen-bond acceptors (Lipinski definition) is 2. The van der Waals surface area contributed by atoms with Gasteiger partial charge in [-0.3, -0.25) is 4.98 Å². The van der Waals surface area contributed by atoms with Crippen LogP contribution in [0.25, 0.3) is 0 Å². The molecule has 1 aliphatic rings. The van der Waals surface area contributed by atoms with E-state index in [0.717, 1.165) is 37.6 Å². The standard InChI is InChI=1S/C11H13F3N2/c1-2-16-5-3-4-8-7-15-10(6-9(8)16)11(12,13)14/h6-7H,2-5H2,1H3. The second-order valence-corrected chi connectivity index (χ2v) is 3.88. The minimum Gasteiger partial charge on any atom is -0.371 e. The summed E-state index contributed by atoms with van der Waals surface area (Å²) in [5.74, 6) is 0. The molecule has 0 spiro atoms. The van der Waals surface area contributed by atoms with Gasteiger partial charge in [-0.1, -0.05) is 0 Å². The molecule has 1 aliphatic heterocycles. The van der Waals surface area contributed by atoms with Crippen molar-refractivity contribution in [2.45, 2.75) is 25.9 Å². The Morgan fingerprint density at radius 2 is 2.19 bits per heavy atom. The molecule has 0 bridgehead atoms. The summed E-state index contributed by atoms with van der Waals surface area (Å²) in [5.41, 5.74) is 0.809. The van der Waals surface area contributed by atoms with Crippen LogP contribution in [0, 0.1) is 0 Å². The van der Waals surface area contributed by atoms with E-state index in [2.05, 4.69) is 4.98 Å². The molecule has 0 fully saturated rings. The predicted molar refractivity (Wildman–Crippen MR) is 55.4 cm³/mol. The molecule has 1 aromatic heterocycles. The number of nitrogens with zero attached hydrogens (tertiary/aromatic N) is 2. The van der Waals surface area contributed by atoms with Crippen molar-refractivity contribution in [3.8, 4) is 0 Å². The molecule has 2 rings (SSSR count). The lowest BCUT2D eigenvalue weighted by Crippen LogP contribution is -2.29. The summed E-state index contributed by atoms with van der Waals surface area (Å²) in [7, 11) is 0. The second-order valence-electron chi connectivity index (χ2n) is 3.88. The van der Waals surface area contributed by atoms with Gasteiger partial charge in [0.2, 0.25) is 0 Å². The van der Waals surface area contributed by atoms with Crippen LogP contribution in [-0.4, -0.2) is 18.1 Å². The first-order chi connectivity index (χ1) is 7.52. The summed E-state index contributed by atoms with van der Waals surface area (Å²) in [6.45, 7) is 3.50. The maximum Gasteiger partial charge on any atom is 0.433 e. The summed E-state index contributed by atoms with van der Waals surface area (Å²) >= 11 is 0. The lowest BCUT2D eigenvalue weighted by Gasteiger charge is -2.30. The van der Waals surface area contributed by atoms with E-state index in [9.17, 15) is 13.2 Å². The molecule has 0 amide bonds. The Balaban J connectivity index is 2.43. The minimum atomic E-state index is -4.36. The highest BCUT2D eigenvalue weighted by Crippen LogP contribution is 2.33. The largest absolute Gasteiger partial charge is 0.433 e. The third kappa shape index (κ3) is 1.99. The van der Waals surface area contributed by atoms with Gasteiger partial charge < -0.3 is 4.90 Å². The summed E-state index contributed by atoms with van der Waals surface area (Å²) in [4.78, 5) is 5.45. The zero-order valence-electron chi connectivity index (χ0n) is 9.01. The van der Waals surface area contributed by atoms with Crippen molar-refractivity contribution in [2.24, 2.45) is 0 Å². The Kier molecular flexibility index (Phi) is 2.78. The fourth-order valence-corrected chi connectivity index (χ4v) is 2.02. The van der Waals surface area contributed by atoms with Gasteiger partial charge in [-0.2, -0.15) is 13.2 Å². The van der Waals surface area contributed by atoms with Crippen LogP contribution in [0.2, 0.25) is 0 Å². The lowest BCUT2D eigenvalue weighted by atomic mass is 10.0. The number of halogens is 3. The average Bonchev–Trinajstić information content (AvgIpc) is 2.26. The predicted octanol–water partition coefficient (Wildman–Crippen LogP) is 2.87. The second kappa shape index (κ2) is 3.96. The monoisotopic (exact) mass is 230 g/mol. The van der Waals surface area contributed by atoms with Crippen LogP contribution >= 0.6 is 0 Å². The van der Waals surface area contributed by atoms with Crippen LogP contribution in [-0.2, 0) is 12.6 Å². The van der Waals surface area contributed by atoms with Crippen molar-refractivity contribution in [3.63, 3.8) is 0 Å². The number of anilines is 1. The molecule has 16 heavy (non-hydrogen) atoms. The molecule has 88 valence electrons. The van der Waals surface area contributed by atoms with E-state index in [1.807, 2.05) is 11.8 Å². The number of aryl methyl sites for hydroxylation is 1. The third-order valence-electron chi connectivity index (χ3n) is 2.85. The van der Waals surface area contributed by atoms with Crippen LogP contribution < -0.4 is 4.90 Å². The summed E-state index contributed by atoms with van der Waals surface area (Å²) in [6, 6.07) is 1.16. The van der Waals surface area contributed by atoms with Gasteiger partial charge >= 0.3 is 6.18 Å². The number of rotatable bonds is 1. The Labute approximate surface area is 92.1 Å². The molecule has 0 saturated heterocycles. The normalized spacial score (nSPS) is 16.1. The van der Waals surface area contributed by atoms with E-state index in [1.165, 1.54) is 6.20 Å². The molecular formula is C11H13F3N2. The van der Waals surface area contributed by atoms with Crippen LogP contribution in [0.4, 0.5) is 18.9 Å². The van der Waals surface area contributed by atoms with Gasteiger partial charge in [0, 0.05) is 25.0 Å². The van der Waals surface area contributed by atoms with Gasteiger partial charge in [0.25, 0.3) is 0 Å². The highest BCUT2D eigenvalue weighted by molar-refractivity contribution is 5.55. The lowest BCUT2D eigenvalue weighted by molar-refractivity contribution is -0.141. The zero-order valence-corrected chi connectivity index (χ0v) is 9.01. The molecule has 0 saturated carbocycles. The van der Waals surface area contributed by atoms with Crippen molar-refractivity contribution < 1.29 is 13.2 Å². The smallest absolute Gasteiger partial charge is 0.371 e. The Morgan fingerprint density at radius 3 is 2.81 bits per heavy atom. The molecular weight excluding hydrogens is 217 g/mol. The minimum absolute atomic E-state index is 0.691. The molecule has 0 radical (unpaired) electrons. The first kappa shape index (κ1) is 11.2.